The molecule has 5 heteroatoms. The molecule has 0 saturated heterocycles. The van der Waals surface area contributed by atoms with Crippen LogP contribution in [0.1, 0.15) is 22.7 Å². The maximum absolute atomic E-state index is 6.39. The summed E-state index contributed by atoms with van der Waals surface area (Å²) in [5.74, 6) is 1.62. The zero-order chi connectivity index (χ0) is 15.1. The Morgan fingerprint density at radius 2 is 1.68 bits per heavy atom. The van der Waals surface area contributed by atoms with Gasteiger partial charge in [-0.2, -0.15) is 0 Å². The van der Waals surface area contributed by atoms with Gasteiger partial charge < -0.3 is 14.8 Å². The zero-order valence-corrected chi connectivity index (χ0v) is 13.4. The van der Waals surface area contributed by atoms with Gasteiger partial charge in [0.05, 0.1) is 6.04 Å². The van der Waals surface area contributed by atoms with Crippen LogP contribution < -0.4 is 14.8 Å². The van der Waals surface area contributed by atoms with E-state index in [9.17, 15) is 0 Å². The van der Waals surface area contributed by atoms with Crippen molar-refractivity contribution in [3.8, 4) is 11.5 Å². The van der Waals surface area contributed by atoms with Crippen LogP contribution >= 0.6 is 23.2 Å². The third-order valence-corrected chi connectivity index (χ3v) is 4.81. The molecule has 0 spiro atoms. The van der Waals surface area contributed by atoms with Crippen LogP contribution in [-0.4, -0.2) is 19.8 Å². The summed E-state index contributed by atoms with van der Waals surface area (Å²) in [5.41, 5.74) is 3.33. The van der Waals surface area contributed by atoms with Crippen molar-refractivity contribution in [2.45, 2.75) is 12.5 Å². The highest BCUT2D eigenvalue weighted by Gasteiger charge is 2.27. The summed E-state index contributed by atoms with van der Waals surface area (Å²) in [5, 5.41) is 4.86. The predicted molar refractivity (Wildman–Crippen MR) is 87.4 cm³/mol. The van der Waals surface area contributed by atoms with E-state index in [1.807, 2.05) is 18.2 Å². The third-order valence-electron chi connectivity index (χ3n) is 4.15. The van der Waals surface area contributed by atoms with E-state index in [0.29, 0.717) is 23.3 Å². The van der Waals surface area contributed by atoms with Crippen LogP contribution in [0.4, 0.5) is 0 Å². The second-order valence-electron chi connectivity index (χ2n) is 5.47. The van der Waals surface area contributed by atoms with Crippen molar-refractivity contribution < 1.29 is 9.47 Å². The van der Waals surface area contributed by atoms with E-state index >= 15 is 0 Å². The summed E-state index contributed by atoms with van der Waals surface area (Å²) in [6, 6.07) is 9.72. The van der Waals surface area contributed by atoms with Crippen LogP contribution in [0.3, 0.4) is 0 Å². The molecule has 114 valence electrons. The molecule has 2 aromatic carbocycles. The Bertz CT molecular complexity index is 713. The molecule has 4 rings (SSSR count). The van der Waals surface area contributed by atoms with Crippen molar-refractivity contribution in [2.24, 2.45) is 0 Å². The average Bonchev–Trinajstić information content (AvgIpc) is 2.53. The van der Waals surface area contributed by atoms with Crippen molar-refractivity contribution in [3.05, 3.63) is 57.1 Å². The van der Waals surface area contributed by atoms with Crippen LogP contribution in [0.5, 0.6) is 11.5 Å². The van der Waals surface area contributed by atoms with Gasteiger partial charge in [0.25, 0.3) is 0 Å². The van der Waals surface area contributed by atoms with E-state index < -0.39 is 0 Å². The Kier molecular flexibility index (Phi) is 3.65. The predicted octanol–water partition coefficient (Wildman–Crippen LogP) is 4.00. The van der Waals surface area contributed by atoms with Crippen LogP contribution in [-0.2, 0) is 6.42 Å². The minimum atomic E-state index is -0.0271. The average molecular weight is 336 g/mol. The molecule has 0 radical (unpaired) electrons. The van der Waals surface area contributed by atoms with Crippen molar-refractivity contribution in [1.82, 2.24) is 5.32 Å². The highest BCUT2D eigenvalue weighted by molar-refractivity contribution is 6.36. The summed E-state index contributed by atoms with van der Waals surface area (Å²) in [4.78, 5) is 0. The van der Waals surface area contributed by atoms with Gasteiger partial charge in [-0.15, -0.1) is 0 Å². The fourth-order valence-electron chi connectivity index (χ4n) is 3.14. The largest absolute Gasteiger partial charge is 0.486 e. The van der Waals surface area contributed by atoms with Crippen molar-refractivity contribution in [2.75, 3.05) is 19.8 Å². The van der Waals surface area contributed by atoms with E-state index in [-0.39, 0.29) is 6.04 Å². The van der Waals surface area contributed by atoms with Crippen LogP contribution in [0.15, 0.2) is 30.3 Å². The lowest BCUT2D eigenvalue weighted by atomic mass is 9.89. The number of hydrogen-bond donors (Lipinski definition) is 1. The number of fused-ring (bicyclic) bond motifs is 2. The molecule has 0 aromatic heterocycles. The Morgan fingerprint density at radius 1 is 1.00 bits per heavy atom. The minimum absolute atomic E-state index is 0.0271. The van der Waals surface area contributed by atoms with Crippen molar-refractivity contribution in [3.63, 3.8) is 0 Å². The quantitative estimate of drug-likeness (QED) is 0.854. The summed E-state index contributed by atoms with van der Waals surface area (Å²) >= 11 is 12.8. The Hall–Kier alpha value is -1.42. The molecule has 0 fully saturated rings. The molecule has 2 aromatic rings. The normalized spacial score (nSPS) is 19.6. The lowest BCUT2D eigenvalue weighted by Gasteiger charge is -2.30. The standard InChI is InChI=1S/C17H15Cl2NO2/c18-12-2-1-3-13(19)16(12)17-11-9-15-14(21-6-7-22-15)8-10(11)4-5-20-17/h1-3,8-9,17,20H,4-7H2. The number of nitrogens with one attached hydrogen (secondary N) is 1. The van der Waals surface area contributed by atoms with Gasteiger partial charge in [0.15, 0.2) is 11.5 Å². The van der Waals surface area contributed by atoms with Crippen LogP contribution in [0.2, 0.25) is 10.0 Å². The van der Waals surface area contributed by atoms with Gasteiger partial charge >= 0.3 is 0 Å². The van der Waals surface area contributed by atoms with Crippen LogP contribution in [0, 0.1) is 0 Å². The number of halogens is 2. The summed E-state index contributed by atoms with van der Waals surface area (Å²) in [6.07, 6.45) is 0.949. The molecule has 22 heavy (non-hydrogen) atoms. The van der Waals surface area contributed by atoms with Gasteiger partial charge in [0.2, 0.25) is 0 Å². The van der Waals surface area contributed by atoms with Gasteiger partial charge in [0.1, 0.15) is 13.2 Å². The summed E-state index contributed by atoms with van der Waals surface area (Å²) < 4.78 is 11.4. The molecule has 2 aliphatic rings. The number of rotatable bonds is 1. The molecule has 0 amide bonds. The van der Waals surface area contributed by atoms with Crippen molar-refractivity contribution >= 4 is 23.2 Å². The Morgan fingerprint density at radius 3 is 2.41 bits per heavy atom. The number of ether oxygens (including phenoxy) is 2. The molecule has 0 bridgehead atoms. The van der Waals surface area contributed by atoms with E-state index in [0.717, 1.165) is 35.6 Å². The number of hydrogen-bond acceptors (Lipinski definition) is 3. The molecule has 2 heterocycles. The fraction of sp³-hybridized carbons (Fsp3) is 0.294. The molecule has 2 aliphatic heterocycles. The maximum Gasteiger partial charge on any atom is 0.161 e. The lowest BCUT2D eigenvalue weighted by molar-refractivity contribution is 0.171. The third kappa shape index (κ3) is 2.34. The SMILES string of the molecule is Clc1cccc(Cl)c1C1NCCc2cc3c(cc21)OCCO3. The van der Waals surface area contributed by atoms with Crippen molar-refractivity contribution in [1.29, 1.82) is 0 Å². The van der Waals surface area contributed by atoms with Gasteiger partial charge in [-0.05, 0) is 41.8 Å². The van der Waals surface area contributed by atoms with E-state index in [1.54, 1.807) is 0 Å². The maximum atomic E-state index is 6.39. The first-order valence-corrected chi connectivity index (χ1v) is 8.09. The highest BCUT2D eigenvalue weighted by Crippen LogP contribution is 2.42. The minimum Gasteiger partial charge on any atom is -0.486 e. The molecule has 1 N–H and O–H groups in total. The van der Waals surface area contributed by atoms with Gasteiger partial charge in [-0.3, -0.25) is 0 Å². The molecule has 3 nitrogen and oxygen atoms in total. The second kappa shape index (κ2) is 5.65. The zero-order valence-electron chi connectivity index (χ0n) is 11.9. The monoisotopic (exact) mass is 335 g/mol. The fourth-order valence-corrected chi connectivity index (χ4v) is 3.75. The molecular formula is C17H15Cl2NO2. The first kappa shape index (κ1) is 14.2. The molecule has 0 saturated carbocycles. The highest BCUT2D eigenvalue weighted by atomic mass is 35.5. The summed E-state index contributed by atoms with van der Waals surface area (Å²) in [7, 11) is 0. The van der Waals surface area contributed by atoms with E-state index in [4.69, 9.17) is 32.7 Å². The molecule has 0 aliphatic carbocycles. The lowest BCUT2D eigenvalue weighted by Crippen LogP contribution is -2.31. The summed E-state index contributed by atoms with van der Waals surface area (Å²) in [6.45, 7) is 2.05. The molecule has 1 unspecified atom stereocenters. The first-order chi connectivity index (χ1) is 10.7. The topological polar surface area (TPSA) is 30.5 Å². The smallest absolute Gasteiger partial charge is 0.161 e. The van der Waals surface area contributed by atoms with Gasteiger partial charge in [-0.1, -0.05) is 29.3 Å². The Balaban J connectivity index is 1.85. The van der Waals surface area contributed by atoms with Gasteiger partial charge in [0, 0.05) is 22.2 Å². The van der Waals surface area contributed by atoms with E-state index in [2.05, 4.69) is 17.4 Å². The van der Waals surface area contributed by atoms with E-state index in [1.165, 1.54) is 5.56 Å². The van der Waals surface area contributed by atoms with Gasteiger partial charge in [-0.25, -0.2) is 0 Å². The first-order valence-electron chi connectivity index (χ1n) is 7.34. The number of benzene rings is 2. The molecule has 1 atom stereocenters. The Labute approximate surface area is 139 Å². The van der Waals surface area contributed by atoms with Crippen LogP contribution in [0.25, 0.3) is 0 Å². The second-order valence-corrected chi connectivity index (χ2v) is 6.28. The molecular weight excluding hydrogens is 321 g/mol.